The summed E-state index contributed by atoms with van der Waals surface area (Å²) in [5.74, 6) is 1.64. The average molecular weight is 361 g/mol. The van der Waals surface area contributed by atoms with Crippen LogP contribution in [-0.4, -0.2) is 31.1 Å². The van der Waals surface area contributed by atoms with E-state index in [1.165, 1.54) is 38.9 Å². The smallest absolute Gasteiger partial charge is 0.137 e. The highest BCUT2D eigenvalue weighted by molar-refractivity contribution is 9.10. The highest BCUT2D eigenvalue weighted by Crippen LogP contribution is 2.27. The summed E-state index contributed by atoms with van der Waals surface area (Å²) in [5.41, 5.74) is 0. The fourth-order valence-corrected chi connectivity index (χ4v) is 3.43. The second kappa shape index (κ2) is 8.26. The van der Waals surface area contributed by atoms with Gasteiger partial charge in [0.05, 0.1) is 11.6 Å². The van der Waals surface area contributed by atoms with Crippen molar-refractivity contribution >= 4 is 27.5 Å². The minimum absolute atomic E-state index is 0.671. The maximum Gasteiger partial charge on any atom is 0.137 e. The molecule has 0 spiro atoms. The van der Waals surface area contributed by atoms with Crippen molar-refractivity contribution in [3.05, 3.63) is 27.7 Å². The van der Waals surface area contributed by atoms with Crippen LogP contribution in [0.25, 0.3) is 0 Å². The van der Waals surface area contributed by atoms with Crippen LogP contribution < -0.4 is 4.74 Å². The molecule has 2 rings (SSSR count). The Morgan fingerprint density at radius 2 is 2.25 bits per heavy atom. The summed E-state index contributed by atoms with van der Waals surface area (Å²) < 4.78 is 6.71. The number of ether oxygens (including phenoxy) is 1. The van der Waals surface area contributed by atoms with E-state index in [2.05, 4.69) is 27.8 Å². The molecule has 0 unspecified atom stereocenters. The molecule has 20 heavy (non-hydrogen) atoms. The number of benzene rings is 1. The number of hydrogen-bond donors (Lipinski definition) is 0. The summed E-state index contributed by atoms with van der Waals surface area (Å²) >= 11 is 9.51. The van der Waals surface area contributed by atoms with E-state index >= 15 is 0 Å². The lowest BCUT2D eigenvalue weighted by Gasteiger charge is -2.30. The molecule has 1 fully saturated rings. The van der Waals surface area contributed by atoms with Crippen LogP contribution in [0.15, 0.2) is 22.7 Å². The molecule has 2 nitrogen and oxygen atoms in total. The molecule has 1 saturated heterocycles. The van der Waals surface area contributed by atoms with Crippen molar-refractivity contribution in [3.8, 4) is 5.75 Å². The van der Waals surface area contributed by atoms with Crippen molar-refractivity contribution in [1.82, 2.24) is 4.90 Å². The largest absolute Gasteiger partial charge is 0.492 e. The van der Waals surface area contributed by atoms with E-state index in [1.807, 2.05) is 18.2 Å². The molecule has 1 heterocycles. The SMILES string of the molecule is C[C@@H]1CCCN(CCCCOc2ccc(Br)cc2Cl)C1. The van der Waals surface area contributed by atoms with Gasteiger partial charge in [-0.3, -0.25) is 0 Å². The molecule has 0 radical (unpaired) electrons. The van der Waals surface area contributed by atoms with Gasteiger partial charge < -0.3 is 9.64 Å². The van der Waals surface area contributed by atoms with Gasteiger partial charge in [0.2, 0.25) is 0 Å². The Labute approximate surface area is 135 Å². The van der Waals surface area contributed by atoms with Gasteiger partial charge in [-0.15, -0.1) is 0 Å². The first-order valence-electron chi connectivity index (χ1n) is 7.45. The topological polar surface area (TPSA) is 12.5 Å². The van der Waals surface area contributed by atoms with E-state index in [4.69, 9.17) is 16.3 Å². The monoisotopic (exact) mass is 359 g/mol. The van der Waals surface area contributed by atoms with Crippen molar-refractivity contribution < 1.29 is 4.74 Å². The molecular formula is C16H23BrClNO. The number of unbranched alkanes of at least 4 members (excludes halogenated alkanes) is 1. The number of halogens is 2. The first-order chi connectivity index (χ1) is 9.65. The number of hydrogen-bond acceptors (Lipinski definition) is 2. The van der Waals surface area contributed by atoms with Crippen molar-refractivity contribution in [2.45, 2.75) is 32.6 Å². The third kappa shape index (κ3) is 5.27. The molecular weight excluding hydrogens is 338 g/mol. The summed E-state index contributed by atoms with van der Waals surface area (Å²) in [6.07, 6.45) is 5.02. The Bertz CT molecular complexity index is 427. The van der Waals surface area contributed by atoms with Crippen molar-refractivity contribution in [2.75, 3.05) is 26.2 Å². The summed E-state index contributed by atoms with van der Waals surface area (Å²) in [6.45, 7) is 6.82. The molecule has 0 bridgehead atoms. The number of rotatable bonds is 6. The Kier molecular flexibility index (Phi) is 6.66. The average Bonchev–Trinajstić information content (AvgIpc) is 2.41. The Morgan fingerprint density at radius 3 is 3.00 bits per heavy atom. The van der Waals surface area contributed by atoms with Gasteiger partial charge in [0.25, 0.3) is 0 Å². The van der Waals surface area contributed by atoms with Crippen LogP contribution in [0.3, 0.4) is 0 Å². The van der Waals surface area contributed by atoms with Gasteiger partial charge in [-0.2, -0.15) is 0 Å². The zero-order valence-electron chi connectivity index (χ0n) is 12.1. The van der Waals surface area contributed by atoms with Crippen molar-refractivity contribution in [3.63, 3.8) is 0 Å². The highest BCUT2D eigenvalue weighted by Gasteiger charge is 2.15. The number of piperidine rings is 1. The van der Waals surface area contributed by atoms with Crippen LogP contribution in [0.1, 0.15) is 32.6 Å². The van der Waals surface area contributed by atoms with Gasteiger partial charge in [0, 0.05) is 11.0 Å². The zero-order chi connectivity index (χ0) is 14.4. The lowest BCUT2D eigenvalue weighted by molar-refractivity contribution is 0.177. The van der Waals surface area contributed by atoms with Gasteiger partial charge in [0.1, 0.15) is 5.75 Å². The molecule has 1 aliphatic heterocycles. The molecule has 0 aromatic heterocycles. The van der Waals surface area contributed by atoms with Gasteiger partial charge >= 0.3 is 0 Å². The van der Waals surface area contributed by atoms with E-state index in [-0.39, 0.29) is 0 Å². The van der Waals surface area contributed by atoms with E-state index in [0.717, 1.165) is 29.2 Å². The zero-order valence-corrected chi connectivity index (χ0v) is 14.4. The van der Waals surface area contributed by atoms with E-state index in [1.54, 1.807) is 0 Å². The molecule has 0 aliphatic carbocycles. The Balaban J connectivity index is 1.61. The van der Waals surface area contributed by atoms with Crippen LogP contribution in [-0.2, 0) is 0 Å². The lowest BCUT2D eigenvalue weighted by Crippen LogP contribution is -2.35. The highest BCUT2D eigenvalue weighted by atomic mass is 79.9. The minimum atomic E-state index is 0.671. The minimum Gasteiger partial charge on any atom is -0.492 e. The normalized spacial score (nSPS) is 20.1. The third-order valence-electron chi connectivity index (χ3n) is 3.76. The van der Waals surface area contributed by atoms with Gasteiger partial charge in [-0.1, -0.05) is 34.5 Å². The van der Waals surface area contributed by atoms with Crippen LogP contribution in [0.4, 0.5) is 0 Å². The predicted octanol–water partition coefficient (Wildman–Crippen LogP) is 4.99. The molecule has 0 saturated carbocycles. The molecule has 1 atom stereocenters. The molecule has 1 aromatic rings. The Morgan fingerprint density at radius 1 is 1.40 bits per heavy atom. The van der Waals surface area contributed by atoms with E-state index in [9.17, 15) is 0 Å². The quantitative estimate of drug-likeness (QED) is 0.662. The molecule has 4 heteroatoms. The fourth-order valence-electron chi connectivity index (χ4n) is 2.70. The second-order valence-corrected chi connectivity index (χ2v) is 7.00. The van der Waals surface area contributed by atoms with Crippen LogP contribution in [0.2, 0.25) is 5.02 Å². The predicted molar refractivity (Wildman–Crippen MR) is 88.7 cm³/mol. The molecule has 112 valence electrons. The van der Waals surface area contributed by atoms with Crippen LogP contribution in [0, 0.1) is 5.92 Å². The number of likely N-dealkylation sites (tertiary alicyclic amines) is 1. The summed E-state index contributed by atoms with van der Waals surface area (Å²) in [6, 6.07) is 5.74. The summed E-state index contributed by atoms with van der Waals surface area (Å²) in [7, 11) is 0. The lowest BCUT2D eigenvalue weighted by atomic mass is 10.0. The van der Waals surface area contributed by atoms with Crippen LogP contribution in [0.5, 0.6) is 5.75 Å². The first kappa shape index (κ1) is 16.1. The maximum absolute atomic E-state index is 6.12. The van der Waals surface area contributed by atoms with Crippen molar-refractivity contribution in [1.29, 1.82) is 0 Å². The Hall–Kier alpha value is -0.250. The molecule has 1 aliphatic rings. The standard InChI is InChI=1S/C16H23BrClNO/c1-13-5-4-9-19(12-13)8-2-3-10-20-16-7-6-14(17)11-15(16)18/h6-7,11,13H,2-5,8-10,12H2,1H3/t13-/m1/s1. The van der Waals surface area contributed by atoms with Gasteiger partial charge in [-0.05, 0) is 62.9 Å². The second-order valence-electron chi connectivity index (χ2n) is 5.68. The summed E-state index contributed by atoms with van der Waals surface area (Å²) in [4.78, 5) is 2.58. The molecule has 0 N–H and O–H groups in total. The van der Waals surface area contributed by atoms with Crippen molar-refractivity contribution in [2.24, 2.45) is 5.92 Å². The molecule has 1 aromatic carbocycles. The first-order valence-corrected chi connectivity index (χ1v) is 8.62. The maximum atomic E-state index is 6.12. The number of nitrogens with zero attached hydrogens (tertiary/aromatic N) is 1. The molecule has 0 amide bonds. The summed E-state index contributed by atoms with van der Waals surface area (Å²) in [5, 5.41) is 0.671. The van der Waals surface area contributed by atoms with Gasteiger partial charge in [-0.25, -0.2) is 0 Å². The van der Waals surface area contributed by atoms with E-state index < -0.39 is 0 Å². The van der Waals surface area contributed by atoms with Crippen LogP contribution >= 0.6 is 27.5 Å². The third-order valence-corrected chi connectivity index (χ3v) is 4.55. The van der Waals surface area contributed by atoms with E-state index in [0.29, 0.717) is 5.02 Å². The fraction of sp³-hybridized carbons (Fsp3) is 0.625. The van der Waals surface area contributed by atoms with Gasteiger partial charge in [0.15, 0.2) is 0 Å².